The number of rotatable bonds is 22. The Labute approximate surface area is 190 Å². The van der Waals surface area contributed by atoms with E-state index in [9.17, 15) is 25.2 Å². The molecule has 186 valence electrons. The van der Waals surface area contributed by atoms with Gasteiger partial charge in [0, 0.05) is 13.3 Å². The van der Waals surface area contributed by atoms with Gasteiger partial charge in [-0.1, -0.05) is 84.0 Å². The largest absolute Gasteiger partial charge is 0.393 e. The van der Waals surface area contributed by atoms with Crippen LogP contribution in [-0.2, 0) is 9.63 Å². The molecule has 7 heteroatoms. The molecule has 0 aromatic rings. The first-order valence-corrected chi connectivity index (χ1v) is 12.5. The fourth-order valence-electron chi connectivity index (χ4n) is 4.13. The summed E-state index contributed by atoms with van der Waals surface area (Å²) in [5, 5.41) is 38.2. The van der Waals surface area contributed by atoms with Gasteiger partial charge in [0.25, 0.3) is 0 Å². The van der Waals surface area contributed by atoms with Crippen LogP contribution in [0, 0.1) is 0 Å². The third kappa shape index (κ3) is 17.5. The number of quaternary nitrogens is 1. The van der Waals surface area contributed by atoms with E-state index in [-0.39, 0.29) is 17.7 Å². The zero-order chi connectivity index (χ0) is 23.4. The van der Waals surface area contributed by atoms with Gasteiger partial charge in [-0.2, -0.15) is 0 Å². The SMILES string of the molecule is CCCCCCCCCCCCCCCC[N+](CC(O)CO)(CC(O)CO)OC(C)=O. The normalized spacial score (nSPS) is 15.4. The molecule has 2 unspecified atom stereocenters. The van der Waals surface area contributed by atoms with Crippen LogP contribution >= 0.6 is 0 Å². The zero-order valence-corrected chi connectivity index (χ0v) is 20.1. The fraction of sp³-hybridized carbons (Fsp3) is 0.958. The fourth-order valence-corrected chi connectivity index (χ4v) is 4.13. The van der Waals surface area contributed by atoms with Gasteiger partial charge in [0.05, 0.1) is 13.2 Å². The summed E-state index contributed by atoms with van der Waals surface area (Å²) in [5.41, 5.74) is 0. The number of aliphatic hydroxyl groups excluding tert-OH is 4. The number of nitrogens with zero attached hydrogens (tertiary/aromatic N) is 1. The average Bonchev–Trinajstić information content (AvgIpc) is 2.73. The highest BCUT2D eigenvalue weighted by atomic mass is 16.7. The van der Waals surface area contributed by atoms with Gasteiger partial charge in [0.15, 0.2) is 0 Å². The van der Waals surface area contributed by atoms with E-state index in [1.54, 1.807) is 0 Å². The third-order valence-corrected chi connectivity index (χ3v) is 5.75. The van der Waals surface area contributed by atoms with Crippen molar-refractivity contribution in [2.24, 2.45) is 0 Å². The summed E-state index contributed by atoms with van der Waals surface area (Å²) in [6, 6.07) is 0. The van der Waals surface area contributed by atoms with E-state index in [4.69, 9.17) is 4.84 Å². The van der Waals surface area contributed by atoms with Gasteiger partial charge in [0.1, 0.15) is 31.8 Å². The van der Waals surface area contributed by atoms with Crippen molar-refractivity contribution in [1.29, 1.82) is 0 Å². The van der Waals surface area contributed by atoms with Crippen LogP contribution in [0.4, 0.5) is 0 Å². The summed E-state index contributed by atoms with van der Waals surface area (Å²) in [6.45, 7) is 3.06. The van der Waals surface area contributed by atoms with Gasteiger partial charge in [-0.3, -0.25) is 4.84 Å². The van der Waals surface area contributed by atoms with Crippen molar-refractivity contribution in [3.05, 3.63) is 0 Å². The molecule has 0 radical (unpaired) electrons. The van der Waals surface area contributed by atoms with Crippen molar-refractivity contribution in [1.82, 2.24) is 0 Å². The highest BCUT2D eigenvalue weighted by molar-refractivity contribution is 5.65. The van der Waals surface area contributed by atoms with Crippen LogP contribution in [0.25, 0.3) is 0 Å². The molecule has 4 N–H and O–H groups in total. The van der Waals surface area contributed by atoms with Gasteiger partial charge in [-0.25, -0.2) is 4.79 Å². The van der Waals surface area contributed by atoms with Gasteiger partial charge in [-0.15, -0.1) is 4.65 Å². The lowest BCUT2D eigenvalue weighted by atomic mass is 10.0. The Morgan fingerprint density at radius 1 is 0.710 bits per heavy atom. The number of carbonyl (C=O) groups excluding carboxylic acids is 1. The van der Waals surface area contributed by atoms with E-state index < -0.39 is 31.4 Å². The van der Waals surface area contributed by atoms with E-state index in [0.717, 1.165) is 19.3 Å². The predicted octanol–water partition coefficient (Wildman–Crippen LogP) is 3.47. The van der Waals surface area contributed by atoms with Crippen LogP contribution in [-0.4, -0.2) is 76.1 Å². The first-order valence-electron chi connectivity index (χ1n) is 12.5. The minimum absolute atomic E-state index is 0.00835. The van der Waals surface area contributed by atoms with Crippen molar-refractivity contribution in [3.63, 3.8) is 0 Å². The lowest BCUT2D eigenvalue weighted by Crippen LogP contribution is -2.57. The van der Waals surface area contributed by atoms with Crippen molar-refractivity contribution in [3.8, 4) is 0 Å². The standard InChI is InChI=1S/C24H50NO6/c1-3-4-5-6-7-8-9-10-11-12-13-14-15-16-17-25(31-22(2)28,18-23(29)20-26)19-24(30)21-27/h23-24,26-27,29-30H,3-21H2,1-2H3/q+1. The monoisotopic (exact) mass is 448 g/mol. The quantitative estimate of drug-likeness (QED) is 0.115. The molecule has 0 fully saturated rings. The summed E-state index contributed by atoms with van der Waals surface area (Å²) in [7, 11) is 0. The number of carbonyl (C=O) groups is 1. The van der Waals surface area contributed by atoms with Crippen molar-refractivity contribution < 1.29 is 34.7 Å². The number of hydroxylamine groups is 3. The smallest absolute Gasteiger partial charge is 0.363 e. The second kappa shape index (κ2) is 19.9. The van der Waals surface area contributed by atoms with E-state index in [0.29, 0.717) is 6.54 Å². The first kappa shape index (κ1) is 30.3. The summed E-state index contributed by atoms with van der Waals surface area (Å²) in [4.78, 5) is 17.1. The van der Waals surface area contributed by atoms with Crippen LogP contribution in [0.1, 0.15) is 104 Å². The molecule has 0 spiro atoms. The molecule has 0 rings (SSSR count). The Morgan fingerprint density at radius 2 is 1.06 bits per heavy atom. The van der Waals surface area contributed by atoms with Gasteiger partial charge in [-0.05, 0) is 6.42 Å². The van der Waals surface area contributed by atoms with Crippen LogP contribution in [0.2, 0.25) is 0 Å². The van der Waals surface area contributed by atoms with E-state index in [1.165, 1.54) is 77.6 Å². The Bertz CT molecular complexity index is 409. The molecule has 2 atom stereocenters. The maximum absolute atomic E-state index is 11.6. The molecular weight excluding hydrogens is 398 g/mol. The molecule has 0 aromatic heterocycles. The molecule has 7 nitrogen and oxygen atoms in total. The Morgan fingerprint density at radius 3 is 1.39 bits per heavy atom. The zero-order valence-electron chi connectivity index (χ0n) is 20.1. The Kier molecular flexibility index (Phi) is 19.4. The number of hydrogen-bond acceptors (Lipinski definition) is 6. The minimum Gasteiger partial charge on any atom is -0.393 e. The van der Waals surface area contributed by atoms with Crippen molar-refractivity contribution in [2.45, 2.75) is 116 Å². The second-order valence-corrected chi connectivity index (χ2v) is 9.00. The molecule has 0 aliphatic heterocycles. The predicted molar refractivity (Wildman–Crippen MR) is 123 cm³/mol. The molecule has 0 saturated carbocycles. The maximum atomic E-state index is 11.6. The molecule has 31 heavy (non-hydrogen) atoms. The molecule has 0 heterocycles. The van der Waals surface area contributed by atoms with Gasteiger partial charge in [0.2, 0.25) is 0 Å². The highest BCUT2D eigenvalue weighted by Crippen LogP contribution is 2.17. The molecule has 0 saturated heterocycles. The number of aliphatic hydroxyl groups is 4. The molecule has 0 aliphatic carbocycles. The topological polar surface area (TPSA) is 107 Å². The molecular formula is C24H50NO6+. The lowest BCUT2D eigenvalue weighted by Gasteiger charge is -2.36. The maximum Gasteiger partial charge on any atom is 0.363 e. The summed E-state index contributed by atoms with van der Waals surface area (Å²) >= 11 is 0. The lowest BCUT2D eigenvalue weighted by molar-refractivity contribution is -1.09. The highest BCUT2D eigenvalue weighted by Gasteiger charge is 2.37. The minimum atomic E-state index is -1.06. The van der Waals surface area contributed by atoms with E-state index in [1.807, 2.05) is 0 Å². The van der Waals surface area contributed by atoms with Crippen molar-refractivity contribution >= 4 is 5.97 Å². The third-order valence-electron chi connectivity index (χ3n) is 5.75. The van der Waals surface area contributed by atoms with Crippen LogP contribution in [0.3, 0.4) is 0 Å². The van der Waals surface area contributed by atoms with Crippen LogP contribution < -0.4 is 0 Å². The Balaban J connectivity index is 4.11. The average molecular weight is 449 g/mol. The van der Waals surface area contributed by atoms with Gasteiger partial charge >= 0.3 is 5.97 Å². The summed E-state index contributed by atoms with van der Waals surface area (Å²) in [5.74, 6) is -0.513. The second-order valence-electron chi connectivity index (χ2n) is 9.00. The molecule has 0 aliphatic rings. The number of unbranched alkanes of at least 4 members (excludes halogenated alkanes) is 13. The summed E-state index contributed by atoms with van der Waals surface area (Å²) < 4.78 is -0.281. The first-order chi connectivity index (χ1) is 14.9. The molecule has 0 aromatic carbocycles. The van der Waals surface area contributed by atoms with Crippen LogP contribution in [0.15, 0.2) is 0 Å². The van der Waals surface area contributed by atoms with E-state index >= 15 is 0 Å². The molecule has 0 amide bonds. The van der Waals surface area contributed by atoms with Crippen molar-refractivity contribution in [2.75, 3.05) is 32.8 Å². The summed E-state index contributed by atoms with van der Waals surface area (Å²) in [6.07, 6.45) is 15.3. The van der Waals surface area contributed by atoms with E-state index in [2.05, 4.69) is 6.92 Å². The number of hydrogen-bond donors (Lipinski definition) is 4. The Hall–Kier alpha value is -0.730. The van der Waals surface area contributed by atoms with Gasteiger partial charge < -0.3 is 20.4 Å². The molecule has 0 bridgehead atoms. The van der Waals surface area contributed by atoms with Crippen LogP contribution in [0.5, 0.6) is 0 Å².